The SMILES string of the molecule is CCCCCCCCCCCCCCC1CCCCCCCCCC1. The van der Waals surface area contributed by atoms with Crippen LogP contribution < -0.4 is 0 Å². The third-order valence-electron chi connectivity index (χ3n) is 6.44. The van der Waals surface area contributed by atoms with Gasteiger partial charge in [0, 0.05) is 0 Å². The van der Waals surface area contributed by atoms with Crippen LogP contribution in [0.15, 0.2) is 0 Å². The van der Waals surface area contributed by atoms with Crippen molar-refractivity contribution in [3.63, 3.8) is 0 Å². The smallest absolute Gasteiger partial charge is 0.0414 e. The van der Waals surface area contributed by atoms with Gasteiger partial charge in [-0.3, -0.25) is 0 Å². The molecule has 0 atom stereocenters. The van der Waals surface area contributed by atoms with Gasteiger partial charge in [0.1, 0.15) is 0 Å². The molecule has 0 radical (unpaired) electrons. The van der Waals surface area contributed by atoms with Crippen LogP contribution in [0.3, 0.4) is 0 Å². The number of rotatable bonds is 13. The van der Waals surface area contributed by atoms with Crippen LogP contribution in [0.2, 0.25) is 0 Å². The predicted molar refractivity (Wildman–Crippen MR) is 115 cm³/mol. The summed E-state index contributed by atoms with van der Waals surface area (Å²) in [5.41, 5.74) is 0. The molecule has 0 saturated heterocycles. The summed E-state index contributed by atoms with van der Waals surface area (Å²) in [6.07, 6.45) is 34.5. The molecule has 0 aromatic carbocycles. The first-order valence-corrected chi connectivity index (χ1v) is 12.4. The molecule has 1 aliphatic carbocycles. The molecule has 0 bridgehead atoms. The van der Waals surface area contributed by atoms with E-state index in [0.29, 0.717) is 0 Å². The summed E-state index contributed by atoms with van der Waals surface area (Å²) in [7, 11) is 0. The van der Waals surface area contributed by atoms with Crippen molar-refractivity contribution in [3.8, 4) is 0 Å². The number of hydrogen-bond acceptors (Lipinski definition) is 0. The second-order valence-electron chi connectivity index (χ2n) is 8.95. The average Bonchev–Trinajstić information content (AvgIpc) is 2.68. The zero-order valence-electron chi connectivity index (χ0n) is 17.8. The standard InChI is InChI=1S/C25H50/c1-2-3-4-5-6-7-8-9-10-13-16-19-22-25-23-20-17-14-11-12-15-18-21-24-25/h25H,2-24H2,1H3. The predicted octanol–water partition coefficient (Wildman–Crippen LogP) is 9.61. The van der Waals surface area contributed by atoms with Crippen LogP contribution in [0.25, 0.3) is 0 Å². The molecule has 0 nitrogen and oxygen atoms in total. The highest BCUT2D eigenvalue weighted by Gasteiger charge is 2.09. The second-order valence-corrected chi connectivity index (χ2v) is 8.95. The summed E-state index contributed by atoms with van der Waals surface area (Å²) in [6.45, 7) is 2.31. The Morgan fingerprint density at radius 2 is 0.800 bits per heavy atom. The summed E-state index contributed by atoms with van der Waals surface area (Å²) < 4.78 is 0. The van der Waals surface area contributed by atoms with E-state index in [0.717, 1.165) is 5.92 Å². The monoisotopic (exact) mass is 350 g/mol. The molecule has 0 heterocycles. The van der Waals surface area contributed by atoms with Crippen LogP contribution >= 0.6 is 0 Å². The van der Waals surface area contributed by atoms with Crippen molar-refractivity contribution in [2.45, 2.75) is 155 Å². The van der Waals surface area contributed by atoms with Crippen molar-refractivity contribution in [2.24, 2.45) is 5.92 Å². The Morgan fingerprint density at radius 3 is 1.24 bits per heavy atom. The van der Waals surface area contributed by atoms with Crippen LogP contribution in [-0.2, 0) is 0 Å². The Balaban J connectivity index is 1.88. The lowest BCUT2D eigenvalue weighted by Gasteiger charge is -2.16. The lowest BCUT2D eigenvalue weighted by atomic mass is 9.90. The van der Waals surface area contributed by atoms with Gasteiger partial charge in [-0.1, -0.05) is 155 Å². The van der Waals surface area contributed by atoms with Crippen molar-refractivity contribution < 1.29 is 0 Å². The Bertz CT molecular complexity index is 232. The van der Waals surface area contributed by atoms with E-state index < -0.39 is 0 Å². The van der Waals surface area contributed by atoms with E-state index in [4.69, 9.17) is 0 Å². The quantitative estimate of drug-likeness (QED) is 0.290. The molecular weight excluding hydrogens is 300 g/mol. The lowest BCUT2D eigenvalue weighted by molar-refractivity contribution is 0.372. The van der Waals surface area contributed by atoms with Crippen molar-refractivity contribution in [1.82, 2.24) is 0 Å². The summed E-state index contributed by atoms with van der Waals surface area (Å²) >= 11 is 0. The fourth-order valence-electron chi connectivity index (χ4n) is 4.63. The first-order chi connectivity index (χ1) is 12.4. The molecule has 150 valence electrons. The van der Waals surface area contributed by atoms with Crippen LogP contribution in [0.4, 0.5) is 0 Å². The maximum absolute atomic E-state index is 2.31. The van der Waals surface area contributed by atoms with E-state index in [9.17, 15) is 0 Å². The van der Waals surface area contributed by atoms with Crippen molar-refractivity contribution in [3.05, 3.63) is 0 Å². The highest BCUT2D eigenvalue weighted by atomic mass is 14.2. The van der Waals surface area contributed by atoms with E-state index in [1.807, 2.05) is 0 Å². The molecule has 1 fully saturated rings. The maximum atomic E-state index is 2.31. The highest BCUT2D eigenvalue weighted by molar-refractivity contribution is 4.63. The van der Waals surface area contributed by atoms with Crippen LogP contribution in [-0.4, -0.2) is 0 Å². The van der Waals surface area contributed by atoms with Crippen LogP contribution in [0.1, 0.15) is 155 Å². The topological polar surface area (TPSA) is 0 Å². The molecule has 0 aromatic heterocycles. The van der Waals surface area contributed by atoms with E-state index in [-0.39, 0.29) is 0 Å². The van der Waals surface area contributed by atoms with Gasteiger partial charge in [-0.05, 0) is 5.92 Å². The summed E-state index contributed by atoms with van der Waals surface area (Å²) in [5, 5.41) is 0. The minimum atomic E-state index is 1.07. The lowest BCUT2D eigenvalue weighted by Crippen LogP contribution is -2.01. The summed E-state index contributed by atoms with van der Waals surface area (Å²) in [6, 6.07) is 0. The maximum Gasteiger partial charge on any atom is -0.0414 e. The molecule has 0 aliphatic heterocycles. The zero-order valence-corrected chi connectivity index (χ0v) is 17.8. The Morgan fingerprint density at radius 1 is 0.440 bits per heavy atom. The summed E-state index contributed by atoms with van der Waals surface area (Å²) in [4.78, 5) is 0. The van der Waals surface area contributed by atoms with Gasteiger partial charge in [0.2, 0.25) is 0 Å². The minimum absolute atomic E-state index is 1.07. The second kappa shape index (κ2) is 18.8. The largest absolute Gasteiger partial charge is 0.0654 e. The zero-order chi connectivity index (χ0) is 17.8. The van der Waals surface area contributed by atoms with Gasteiger partial charge in [0.15, 0.2) is 0 Å². The highest BCUT2D eigenvalue weighted by Crippen LogP contribution is 2.25. The molecule has 0 unspecified atom stereocenters. The van der Waals surface area contributed by atoms with Gasteiger partial charge in [0.05, 0.1) is 0 Å². The van der Waals surface area contributed by atoms with Gasteiger partial charge < -0.3 is 0 Å². The van der Waals surface area contributed by atoms with Crippen molar-refractivity contribution in [1.29, 1.82) is 0 Å². The average molecular weight is 351 g/mol. The third kappa shape index (κ3) is 15.9. The minimum Gasteiger partial charge on any atom is -0.0654 e. The van der Waals surface area contributed by atoms with E-state index in [1.165, 1.54) is 148 Å². The van der Waals surface area contributed by atoms with Crippen molar-refractivity contribution >= 4 is 0 Å². The molecule has 1 rings (SSSR count). The molecule has 0 aromatic rings. The van der Waals surface area contributed by atoms with Gasteiger partial charge in [-0.25, -0.2) is 0 Å². The van der Waals surface area contributed by atoms with E-state index >= 15 is 0 Å². The molecular formula is C25H50. The molecule has 0 amide bonds. The van der Waals surface area contributed by atoms with E-state index in [1.54, 1.807) is 0 Å². The van der Waals surface area contributed by atoms with Gasteiger partial charge >= 0.3 is 0 Å². The first kappa shape index (κ1) is 23.0. The first-order valence-electron chi connectivity index (χ1n) is 12.4. The van der Waals surface area contributed by atoms with Crippen LogP contribution in [0, 0.1) is 5.92 Å². The third-order valence-corrected chi connectivity index (χ3v) is 6.44. The molecule has 25 heavy (non-hydrogen) atoms. The molecule has 0 N–H and O–H groups in total. The normalized spacial score (nSPS) is 18.1. The van der Waals surface area contributed by atoms with Crippen LogP contribution in [0.5, 0.6) is 0 Å². The van der Waals surface area contributed by atoms with Gasteiger partial charge in [-0.15, -0.1) is 0 Å². The Kier molecular flexibility index (Phi) is 17.3. The fraction of sp³-hybridized carbons (Fsp3) is 1.00. The Labute approximate surface area is 160 Å². The Hall–Kier alpha value is 0. The molecule has 1 aliphatic rings. The van der Waals surface area contributed by atoms with Gasteiger partial charge in [-0.2, -0.15) is 0 Å². The molecule has 1 saturated carbocycles. The van der Waals surface area contributed by atoms with Gasteiger partial charge in [0.25, 0.3) is 0 Å². The molecule has 0 spiro atoms. The van der Waals surface area contributed by atoms with E-state index in [2.05, 4.69) is 6.92 Å². The summed E-state index contributed by atoms with van der Waals surface area (Å²) in [5.74, 6) is 1.07. The number of hydrogen-bond donors (Lipinski definition) is 0. The molecule has 0 heteroatoms. The van der Waals surface area contributed by atoms with Crippen molar-refractivity contribution in [2.75, 3.05) is 0 Å². The number of unbranched alkanes of at least 4 members (excludes halogenated alkanes) is 11. The fourth-order valence-corrected chi connectivity index (χ4v) is 4.63.